The molecule has 0 heterocycles. The maximum absolute atomic E-state index is 3.75. The predicted octanol–water partition coefficient (Wildman–Crippen LogP) is 2.74. The van der Waals surface area contributed by atoms with Crippen LogP contribution < -0.4 is 0 Å². The van der Waals surface area contributed by atoms with E-state index in [1.54, 1.807) is 0 Å². The zero-order valence-electron chi connectivity index (χ0n) is 9.11. The third-order valence-electron chi connectivity index (χ3n) is 2.54. The van der Waals surface area contributed by atoms with Gasteiger partial charge in [0.2, 0.25) is 0 Å². The van der Waals surface area contributed by atoms with Crippen molar-refractivity contribution in [1.29, 1.82) is 0 Å². The molecule has 1 heteroatoms. The summed E-state index contributed by atoms with van der Waals surface area (Å²) in [6, 6.07) is 11.2. The number of hydrogen-bond acceptors (Lipinski definition) is 1. The fraction of sp³-hybridized carbons (Fsp3) is 0.385. The molecule has 0 radical (unpaired) electrons. The zero-order valence-corrected chi connectivity index (χ0v) is 9.11. The third kappa shape index (κ3) is 3.35. The number of hydrogen-bond donors (Lipinski definition) is 0. The second kappa shape index (κ2) is 5.61. The molecule has 1 nitrogen and oxygen atoms in total. The van der Waals surface area contributed by atoms with Gasteiger partial charge in [-0.1, -0.05) is 36.4 Å². The topological polar surface area (TPSA) is 3.24 Å². The van der Waals surface area contributed by atoms with Crippen LogP contribution in [0.25, 0.3) is 0 Å². The lowest BCUT2D eigenvalue weighted by atomic mass is 10.1. The van der Waals surface area contributed by atoms with Crippen LogP contribution in [0.5, 0.6) is 0 Å². The molecule has 0 fully saturated rings. The van der Waals surface area contributed by atoms with E-state index in [0.29, 0.717) is 6.04 Å². The Morgan fingerprint density at radius 3 is 2.57 bits per heavy atom. The first-order valence-corrected chi connectivity index (χ1v) is 5.09. The van der Waals surface area contributed by atoms with Gasteiger partial charge in [-0.25, -0.2) is 0 Å². The minimum absolute atomic E-state index is 0.565. The van der Waals surface area contributed by atoms with Gasteiger partial charge in [-0.3, -0.25) is 4.90 Å². The van der Waals surface area contributed by atoms with E-state index in [9.17, 15) is 0 Å². The lowest BCUT2D eigenvalue weighted by molar-refractivity contribution is 0.283. The minimum Gasteiger partial charge on any atom is -0.300 e. The molecule has 0 amide bonds. The van der Waals surface area contributed by atoms with Crippen molar-refractivity contribution in [1.82, 2.24) is 4.90 Å². The first-order chi connectivity index (χ1) is 6.74. The van der Waals surface area contributed by atoms with Crippen LogP contribution in [0.3, 0.4) is 0 Å². The summed E-state index contributed by atoms with van der Waals surface area (Å²) in [5.74, 6) is 0. The van der Waals surface area contributed by atoms with E-state index in [-0.39, 0.29) is 0 Å². The van der Waals surface area contributed by atoms with Crippen molar-refractivity contribution >= 4 is 0 Å². The molecule has 0 spiro atoms. The summed E-state index contributed by atoms with van der Waals surface area (Å²) < 4.78 is 0. The van der Waals surface area contributed by atoms with E-state index < -0.39 is 0 Å². The van der Waals surface area contributed by atoms with Crippen molar-refractivity contribution in [2.45, 2.75) is 19.4 Å². The maximum atomic E-state index is 3.75. The van der Waals surface area contributed by atoms with E-state index in [4.69, 9.17) is 0 Å². The molecule has 1 atom stereocenters. The highest BCUT2D eigenvalue weighted by molar-refractivity contribution is 5.15. The van der Waals surface area contributed by atoms with E-state index in [0.717, 1.165) is 13.0 Å². The molecule has 0 aliphatic heterocycles. The van der Waals surface area contributed by atoms with E-state index in [1.165, 1.54) is 5.56 Å². The average Bonchev–Trinajstić information content (AvgIpc) is 2.19. The SMILES string of the molecule is C=CCN(C)[C@H](C)Cc1ccccc1. The molecule has 1 rings (SSSR count). The summed E-state index contributed by atoms with van der Waals surface area (Å²) in [6.07, 6.45) is 3.05. The highest BCUT2D eigenvalue weighted by atomic mass is 15.1. The van der Waals surface area contributed by atoms with Crippen LogP contribution in [-0.2, 0) is 6.42 Å². The minimum atomic E-state index is 0.565. The van der Waals surface area contributed by atoms with Crippen LogP contribution in [0.2, 0.25) is 0 Å². The monoisotopic (exact) mass is 189 g/mol. The van der Waals surface area contributed by atoms with Gasteiger partial charge in [-0.05, 0) is 26.0 Å². The molecule has 1 aromatic carbocycles. The fourth-order valence-corrected chi connectivity index (χ4v) is 1.49. The van der Waals surface area contributed by atoms with Crippen molar-refractivity contribution in [3.05, 3.63) is 48.6 Å². The fourth-order valence-electron chi connectivity index (χ4n) is 1.49. The predicted molar refractivity (Wildman–Crippen MR) is 62.4 cm³/mol. The first kappa shape index (κ1) is 11.0. The van der Waals surface area contributed by atoms with Gasteiger partial charge in [-0.15, -0.1) is 6.58 Å². The molecule has 76 valence electrons. The quantitative estimate of drug-likeness (QED) is 0.644. The van der Waals surface area contributed by atoms with Gasteiger partial charge < -0.3 is 0 Å². The van der Waals surface area contributed by atoms with E-state index in [1.807, 2.05) is 6.08 Å². The molecule has 0 saturated carbocycles. The van der Waals surface area contributed by atoms with Crippen LogP contribution in [0.15, 0.2) is 43.0 Å². The maximum Gasteiger partial charge on any atom is 0.0160 e. The Bertz CT molecular complexity index is 266. The van der Waals surface area contributed by atoms with Crippen molar-refractivity contribution in [2.75, 3.05) is 13.6 Å². The number of likely N-dealkylation sites (N-methyl/N-ethyl adjacent to an activating group) is 1. The normalized spacial score (nSPS) is 12.8. The molecular weight excluding hydrogens is 170 g/mol. The number of nitrogens with zero attached hydrogens (tertiary/aromatic N) is 1. The molecule has 0 unspecified atom stereocenters. The van der Waals surface area contributed by atoms with Gasteiger partial charge in [0, 0.05) is 12.6 Å². The highest BCUT2D eigenvalue weighted by Gasteiger charge is 2.07. The Hall–Kier alpha value is -1.08. The van der Waals surface area contributed by atoms with Crippen molar-refractivity contribution in [3.63, 3.8) is 0 Å². The van der Waals surface area contributed by atoms with Gasteiger partial charge in [0.05, 0.1) is 0 Å². The highest BCUT2D eigenvalue weighted by Crippen LogP contribution is 2.06. The molecule has 0 aliphatic rings. The first-order valence-electron chi connectivity index (χ1n) is 5.09. The number of benzene rings is 1. The molecule has 0 saturated heterocycles. The lowest BCUT2D eigenvalue weighted by Crippen LogP contribution is -2.30. The molecule has 0 bridgehead atoms. The number of rotatable bonds is 5. The second-order valence-electron chi connectivity index (χ2n) is 3.77. The van der Waals surface area contributed by atoms with Crippen molar-refractivity contribution < 1.29 is 0 Å². The van der Waals surface area contributed by atoms with Gasteiger partial charge in [0.15, 0.2) is 0 Å². The molecule has 1 aromatic rings. The van der Waals surface area contributed by atoms with Gasteiger partial charge in [0.1, 0.15) is 0 Å². The second-order valence-corrected chi connectivity index (χ2v) is 3.77. The Morgan fingerprint density at radius 1 is 1.36 bits per heavy atom. The summed E-state index contributed by atoms with van der Waals surface area (Å²) in [5.41, 5.74) is 1.40. The Morgan fingerprint density at radius 2 is 2.00 bits per heavy atom. The zero-order chi connectivity index (χ0) is 10.4. The van der Waals surface area contributed by atoms with Crippen LogP contribution in [-0.4, -0.2) is 24.5 Å². The van der Waals surface area contributed by atoms with Gasteiger partial charge in [0.25, 0.3) is 0 Å². The Kier molecular flexibility index (Phi) is 4.41. The van der Waals surface area contributed by atoms with Crippen molar-refractivity contribution in [2.24, 2.45) is 0 Å². The average molecular weight is 189 g/mol. The summed E-state index contributed by atoms with van der Waals surface area (Å²) >= 11 is 0. The molecule has 14 heavy (non-hydrogen) atoms. The van der Waals surface area contributed by atoms with Crippen LogP contribution in [0.1, 0.15) is 12.5 Å². The Labute approximate surface area is 87.1 Å². The van der Waals surface area contributed by atoms with Crippen LogP contribution in [0.4, 0.5) is 0 Å². The standard InChI is InChI=1S/C13H19N/c1-4-10-14(3)12(2)11-13-8-6-5-7-9-13/h4-9,12H,1,10-11H2,2-3H3/t12-/m1/s1. The molecule has 0 aliphatic carbocycles. The lowest BCUT2D eigenvalue weighted by Gasteiger charge is -2.23. The summed E-state index contributed by atoms with van der Waals surface area (Å²) in [5, 5.41) is 0. The van der Waals surface area contributed by atoms with E-state index >= 15 is 0 Å². The smallest absolute Gasteiger partial charge is 0.0160 e. The van der Waals surface area contributed by atoms with Gasteiger partial charge in [-0.2, -0.15) is 0 Å². The summed E-state index contributed by atoms with van der Waals surface area (Å²) in [6.45, 7) is 6.95. The summed E-state index contributed by atoms with van der Waals surface area (Å²) in [7, 11) is 2.13. The van der Waals surface area contributed by atoms with Crippen LogP contribution >= 0.6 is 0 Å². The van der Waals surface area contributed by atoms with E-state index in [2.05, 4.69) is 55.8 Å². The molecule has 0 N–H and O–H groups in total. The van der Waals surface area contributed by atoms with Gasteiger partial charge >= 0.3 is 0 Å². The summed E-state index contributed by atoms with van der Waals surface area (Å²) in [4.78, 5) is 2.31. The third-order valence-corrected chi connectivity index (χ3v) is 2.54. The largest absolute Gasteiger partial charge is 0.300 e. The van der Waals surface area contributed by atoms with Crippen LogP contribution in [0, 0.1) is 0 Å². The van der Waals surface area contributed by atoms with Crippen molar-refractivity contribution in [3.8, 4) is 0 Å². The Balaban J connectivity index is 2.48. The molecular formula is C13H19N. The molecule has 0 aromatic heterocycles.